The Hall–Kier alpha value is -2.94. The van der Waals surface area contributed by atoms with E-state index in [9.17, 15) is 13.2 Å². The summed E-state index contributed by atoms with van der Waals surface area (Å²) >= 11 is 0. The second kappa shape index (κ2) is 7.47. The monoisotopic (exact) mass is 404 g/mol. The lowest BCUT2D eigenvalue weighted by molar-refractivity contribution is -0.0578. The fourth-order valence-corrected chi connectivity index (χ4v) is 3.75. The van der Waals surface area contributed by atoms with Gasteiger partial charge in [-0.05, 0) is 43.5 Å². The molecule has 2 aromatic rings. The molecule has 1 aromatic heterocycles. The maximum Gasteiger partial charge on any atom is 0.433 e. The van der Waals surface area contributed by atoms with Crippen molar-refractivity contribution in [1.29, 1.82) is 10.8 Å². The number of pyridine rings is 1. The Morgan fingerprint density at radius 1 is 1.28 bits per heavy atom. The number of fused-ring (bicyclic) bond motifs is 3. The van der Waals surface area contributed by atoms with Crippen molar-refractivity contribution in [3.63, 3.8) is 0 Å². The van der Waals surface area contributed by atoms with E-state index in [1.807, 2.05) is 13.8 Å². The number of halogens is 3. The van der Waals surface area contributed by atoms with Gasteiger partial charge in [0.1, 0.15) is 5.71 Å². The van der Waals surface area contributed by atoms with E-state index in [-0.39, 0.29) is 11.7 Å². The van der Waals surface area contributed by atoms with E-state index < -0.39 is 17.5 Å². The van der Waals surface area contributed by atoms with E-state index in [0.717, 1.165) is 18.0 Å². The first-order valence-electron chi connectivity index (χ1n) is 9.17. The Labute approximate surface area is 166 Å². The van der Waals surface area contributed by atoms with Gasteiger partial charge in [-0.25, -0.2) is 4.98 Å². The van der Waals surface area contributed by atoms with Crippen LogP contribution in [-0.4, -0.2) is 40.6 Å². The van der Waals surface area contributed by atoms with E-state index in [1.165, 1.54) is 0 Å². The van der Waals surface area contributed by atoms with Gasteiger partial charge in [0.15, 0.2) is 0 Å². The lowest BCUT2D eigenvalue weighted by Crippen LogP contribution is -2.37. The van der Waals surface area contributed by atoms with Crippen molar-refractivity contribution < 1.29 is 13.2 Å². The highest BCUT2D eigenvalue weighted by Gasteiger charge is 2.39. The predicted molar refractivity (Wildman–Crippen MR) is 109 cm³/mol. The summed E-state index contributed by atoms with van der Waals surface area (Å²) in [6, 6.07) is 3.39. The zero-order valence-corrected chi connectivity index (χ0v) is 16.2. The van der Waals surface area contributed by atoms with Crippen LogP contribution in [0.15, 0.2) is 18.3 Å². The van der Waals surface area contributed by atoms with Gasteiger partial charge in [0.05, 0.1) is 11.2 Å². The third-order valence-electron chi connectivity index (χ3n) is 5.30. The van der Waals surface area contributed by atoms with Crippen LogP contribution in [0.3, 0.4) is 0 Å². The molecule has 0 amide bonds. The topological polar surface area (TPSA) is 116 Å². The van der Waals surface area contributed by atoms with Gasteiger partial charge in [-0.15, -0.1) is 0 Å². The van der Waals surface area contributed by atoms with Crippen LogP contribution in [0.2, 0.25) is 0 Å². The van der Waals surface area contributed by atoms with Crippen molar-refractivity contribution in [2.75, 3.05) is 12.3 Å². The molecule has 1 aliphatic heterocycles. The number of alkyl halides is 3. The summed E-state index contributed by atoms with van der Waals surface area (Å²) in [6.45, 7) is 5.11. The quantitative estimate of drug-likeness (QED) is 0.461. The maximum atomic E-state index is 13.3. The van der Waals surface area contributed by atoms with Crippen LogP contribution in [0.4, 0.5) is 18.9 Å². The van der Waals surface area contributed by atoms with E-state index >= 15 is 0 Å². The highest BCUT2D eigenvalue weighted by molar-refractivity contribution is 6.25. The summed E-state index contributed by atoms with van der Waals surface area (Å²) in [4.78, 5) is 6.59. The Kier molecular flexibility index (Phi) is 5.36. The van der Waals surface area contributed by atoms with Crippen LogP contribution >= 0.6 is 0 Å². The molecule has 3 rings (SSSR count). The number of rotatable bonds is 4. The number of aromatic nitrogens is 1. The largest absolute Gasteiger partial charge is 0.433 e. The van der Waals surface area contributed by atoms with Crippen LogP contribution < -0.4 is 11.5 Å². The third kappa shape index (κ3) is 3.57. The minimum Gasteiger partial charge on any atom is -0.404 e. The Bertz CT molecular complexity index is 1020. The molecule has 0 radical (unpaired) electrons. The second-order valence-electron chi connectivity index (χ2n) is 7.29. The zero-order valence-electron chi connectivity index (χ0n) is 16.2. The van der Waals surface area contributed by atoms with E-state index in [4.69, 9.17) is 22.3 Å². The number of nitrogens with two attached hydrogens (primary N) is 2. The van der Waals surface area contributed by atoms with Crippen LogP contribution in [0.25, 0.3) is 16.5 Å². The smallest absolute Gasteiger partial charge is 0.404 e. The number of nitrogen functional groups attached to an aromatic ring is 1. The molecule has 1 aliphatic rings. The molecule has 0 fully saturated rings. The van der Waals surface area contributed by atoms with E-state index in [0.29, 0.717) is 47.2 Å². The number of hydrogen-bond acceptors (Lipinski definition) is 6. The average Bonchev–Trinajstić information content (AvgIpc) is 2.67. The molecule has 154 valence electrons. The highest BCUT2D eigenvalue weighted by Crippen LogP contribution is 2.37. The molecule has 0 atom stereocenters. The number of allylic oxidation sites excluding steroid dienone is 1. The van der Waals surface area contributed by atoms with Gasteiger partial charge in [-0.2, -0.15) is 13.2 Å². The molecule has 0 saturated heterocycles. The third-order valence-corrected chi connectivity index (χ3v) is 5.30. The first-order valence-corrected chi connectivity index (χ1v) is 9.17. The molecule has 0 spiro atoms. The van der Waals surface area contributed by atoms with Crippen molar-refractivity contribution in [2.45, 2.75) is 39.0 Å². The van der Waals surface area contributed by atoms with E-state index in [2.05, 4.69) is 9.88 Å². The standard InChI is InChI=1S/C20H23F3N6/c1-10(2)29-6-5-11-14(9-29)18(13(8-25)19(27)20(21,22)23)28-16-4-3-15(26)12(7-24)17(11)16/h3-4,7-8,10,24,27H,5-6,9,25-26H2,1-2H3/b13-8-,24-7?,27-19?. The Balaban J connectivity index is 2.36. The van der Waals surface area contributed by atoms with E-state index in [1.54, 1.807) is 12.1 Å². The molecular formula is C20H23F3N6. The lowest BCUT2D eigenvalue weighted by Gasteiger charge is -2.34. The number of benzene rings is 1. The molecule has 6 N–H and O–H groups in total. The SMILES string of the molecule is CC(C)N1CCc2c(c(/C(=C/N)C(=N)C(F)(F)F)nc3ccc(N)c(C=N)c23)C1. The summed E-state index contributed by atoms with van der Waals surface area (Å²) in [6.07, 6.45) is -2.33. The summed E-state index contributed by atoms with van der Waals surface area (Å²) in [5, 5.41) is 16.1. The highest BCUT2D eigenvalue weighted by atomic mass is 19.4. The van der Waals surface area contributed by atoms with Gasteiger partial charge in [0.2, 0.25) is 0 Å². The summed E-state index contributed by atoms with van der Waals surface area (Å²) in [5.74, 6) is 0. The number of anilines is 1. The molecule has 0 saturated carbocycles. The fraction of sp³-hybridized carbons (Fsp3) is 0.350. The van der Waals surface area contributed by atoms with Gasteiger partial charge in [-0.1, -0.05) is 0 Å². The van der Waals surface area contributed by atoms with Crippen LogP contribution in [-0.2, 0) is 13.0 Å². The summed E-state index contributed by atoms with van der Waals surface area (Å²) < 4.78 is 39.9. The second-order valence-corrected chi connectivity index (χ2v) is 7.29. The minimum absolute atomic E-state index is 0.0587. The lowest BCUT2D eigenvalue weighted by atomic mass is 9.88. The van der Waals surface area contributed by atoms with Crippen molar-refractivity contribution in [3.05, 3.63) is 40.7 Å². The first kappa shape index (κ1) is 20.8. The summed E-state index contributed by atoms with van der Waals surface area (Å²) in [7, 11) is 0. The molecule has 29 heavy (non-hydrogen) atoms. The molecule has 2 heterocycles. The zero-order chi connectivity index (χ0) is 21.5. The van der Waals surface area contributed by atoms with Gasteiger partial charge in [0.25, 0.3) is 0 Å². The minimum atomic E-state index is -4.84. The van der Waals surface area contributed by atoms with Gasteiger partial charge < -0.3 is 16.9 Å². The average molecular weight is 404 g/mol. The first-order chi connectivity index (χ1) is 13.6. The van der Waals surface area contributed by atoms with Gasteiger partial charge in [-0.3, -0.25) is 10.3 Å². The molecule has 6 nitrogen and oxygen atoms in total. The molecule has 0 aliphatic carbocycles. The molecule has 0 bridgehead atoms. The molecule has 9 heteroatoms. The van der Waals surface area contributed by atoms with Crippen LogP contribution in [0, 0.1) is 10.8 Å². The Morgan fingerprint density at radius 3 is 2.52 bits per heavy atom. The molecule has 0 unspecified atom stereocenters. The number of nitrogens with one attached hydrogen (secondary N) is 2. The van der Waals surface area contributed by atoms with Crippen molar-refractivity contribution >= 4 is 34.1 Å². The van der Waals surface area contributed by atoms with Gasteiger partial charge >= 0.3 is 6.18 Å². The fourth-order valence-electron chi connectivity index (χ4n) is 3.75. The molecular weight excluding hydrogens is 381 g/mol. The number of hydrogen-bond donors (Lipinski definition) is 4. The van der Waals surface area contributed by atoms with Crippen molar-refractivity contribution in [2.24, 2.45) is 5.73 Å². The van der Waals surface area contributed by atoms with Crippen LogP contribution in [0.1, 0.15) is 36.2 Å². The van der Waals surface area contributed by atoms with Crippen molar-refractivity contribution in [1.82, 2.24) is 9.88 Å². The predicted octanol–water partition coefficient (Wildman–Crippen LogP) is 3.46. The van der Waals surface area contributed by atoms with Crippen LogP contribution in [0.5, 0.6) is 0 Å². The van der Waals surface area contributed by atoms with Crippen molar-refractivity contribution in [3.8, 4) is 0 Å². The summed E-state index contributed by atoms with van der Waals surface area (Å²) in [5.41, 5.74) is 12.4. The van der Waals surface area contributed by atoms with Gasteiger partial charge in [0, 0.05) is 53.8 Å². The Morgan fingerprint density at radius 2 is 1.97 bits per heavy atom. The normalized spacial score (nSPS) is 15.6. The number of nitrogens with zero attached hydrogens (tertiary/aromatic N) is 2. The molecule has 1 aromatic carbocycles. The maximum absolute atomic E-state index is 13.3.